The fourth-order valence-electron chi connectivity index (χ4n) is 3.22. The molecule has 0 spiro atoms. The van der Waals surface area contributed by atoms with Gasteiger partial charge in [-0.05, 0) is 38.8 Å². The van der Waals surface area contributed by atoms with E-state index in [1.807, 2.05) is 19.1 Å². The summed E-state index contributed by atoms with van der Waals surface area (Å²) in [7, 11) is 0. The summed E-state index contributed by atoms with van der Waals surface area (Å²) in [6.07, 6.45) is 1.85. The lowest BCUT2D eigenvalue weighted by molar-refractivity contribution is -0.127. The number of rotatable bonds is 8. The number of amides is 2. The van der Waals surface area contributed by atoms with Crippen LogP contribution in [0.3, 0.4) is 0 Å². The number of benzene rings is 1. The Morgan fingerprint density at radius 3 is 2.90 bits per heavy atom. The van der Waals surface area contributed by atoms with Crippen molar-refractivity contribution in [2.75, 3.05) is 18.9 Å². The smallest absolute Gasteiger partial charge is 0.262 e. The van der Waals surface area contributed by atoms with Gasteiger partial charge in [0.15, 0.2) is 5.16 Å². The number of likely N-dealkylation sites (N-methyl/N-ethyl adjacent to an activating group) is 1. The third-order valence-electron chi connectivity index (χ3n) is 4.69. The van der Waals surface area contributed by atoms with Gasteiger partial charge in [-0.3, -0.25) is 19.0 Å². The average molecular weight is 419 g/mol. The van der Waals surface area contributed by atoms with E-state index in [1.54, 1.807) is 23.6 Å². The number of nitrogens with zero attached hydrogens (tertiary/aromatic N) is 2. The number of fused-ring (bicyclic) bond motifs is 1. The first-order chi connectivity index (χ1) is 14.0. The van der Waals surface area contributed by atoms with Crippen LogP contribution in [0.4, 0.5) is 0 Å². The Bertz CT molecular complexity index is 940. The van der Waals surface area contributed by atoms with E-state index >= 15 is 0 Å². The maximum absolute atomic E-state index is 13.0. The van der Waals surface area contributed by atoms with Crippen LogP contribution in [0, 0.1) is 0 Å². The molecule has 3 rings (SSSR count). The van der Waals surface area contributed by atoms with E-state index in [4.69, 9.17) is 4.74 Å². The van der Waals surface area contributed by atoms with Gasteiger partial charge in [0.25, 0.3) is 5.56 Å². The first-order valence-electron chi connectivity index (χ1n) is 9.80. The number of carbonyl (C=O) groups is 2. The quantitative estimate of drug-likeness (QED) is 0.495. The lowest BCUT2D eigenvalue weighted by atomic mass is 10.2. The van der Waals surface area contributed by atoms with Crippen molar-refractivity contribution in [2.24, 2.45) is 0 Å². The van der Waals surface area contributed by atoms with Crippen molar-refractivity contribution in [3.05, 3.63) is 34.6 Å². The molecule has 1 aliphatic rings. The van der Waals surface area contributed by atoms with E-state index in [1.165, 1.54) is 11.8 Å². The van der Waals surface area contributed by atoms with Gasteiger partial charge in [0.2, 0.25) is 11.8 Å². The molecule has 2 heterocycles. The van der Waals surface area contributed by atoms with Crippen LogP contribution in [0.1, 0.15) is 26.7 Å². The molecule has 0 unspecified atom stereocenters. The van der Waals surface area contributed by atoms with Crippen molar-refractivity contribution < 1.29 is 14.3 Å². The Hall–Kier alpha value is -2.39. The number of para-hydroxylation sites is 1. The topological polar surface area (TPSA) is 102 Å². The van der Waals surface area contributed by atoms with Crippen molar-refractivity contribution in [2.45, 2.75) is 50.5 Å². The minimum atomic E-state index is -0.623. The molecule has 0 saturated carbocycles. The second kappa shape index (κ2) is 9.89. The van der Waals surface area contributed by atoms with Crippen LogP contribution in [0.15, 0.2) is 34.2 Å². The standard InChI is InChI=1S/C20H26N4O4S/c1-3-21-18(26)13(2)22-17(25)12-29-20-23-16-9-5-4-8-15(16)19(27)24(20)11-14-7-6-10-28-14/h4-5,8-9,13-14H,3,6-7,10-12H2,1-2H3,(H,21,26)(H,22,25)/t13-,14+/m0/s1. The molecule has 1 aromatic carbocycles. The normalized spacial score (nSPS) is 17.2. The van der Waals surface area contributed by atoms with Gasteiger partial charge >= 0.3 is 0 Å². The Morgan fingerprint density at radius 2 is 2.17 bits per heavy atom. The van der Waals surface area contributed by atoms with E-state index in [9.17, 15) is 14.4 Å². The number of ether oxygens (including phenoxy) is 1. The summed E-state index contributed by atoms with van der Waals surface area (Å²) < 4.78 is 7.29. The van der Waals surface area contributed by atoms with Gasteiger partial charge in [-0.2, -0.15) is 0 Å². The highest BCUT2D eigenvalue weighted by atomic mass is 32.2. The molecule has 2 amide bonds. The molecule has 1 aliphatic heterocycles. The van der Waals surface area contributed by atoms with Gasteiger partial charge in [-0.1, -0.05) is 23.9 Å². The van der Waals surface area contributed by atoms with Crippen molar-refractivity contribution in [3.63, 3.8) is 0 Å². The van der Waals surface area contributed by atoms with Gasteiger partial charge < -0.3 is 15.4 Å². The summed E-state index contributed by atoms with van der Waals surface area (Å²) in [5.41, 5.74) is 0.462. The lowest BCUT2D eigenvalue weighted by Crippen LogP contribution is -2.45. The van der Waals surface area contributed by atoms with E-state index in [0.29, 0.717) is 35.8 Å². The Kier molecular flexibility index (Phi) is 7.27. The molecule has 29 heavy (non-hydrogen) atoms. The molecule has 8 nitrogen and oxygen atoms in total. The van der Waals surface area contributed by atoms with Gasteiger partial charge in [0.05, 0.1) is 29.3 Å². The number of carbonyl (C=O) groups excluding carboxylic acids is 2. The zero-order chi connectivity index (χ0) is 20.8. The van der Waals surface area contributed by atoms with Crippen molar-refractivity contribution in [1.29, 1.82) is 0 Å². The summed E-state index contributed by atoms with van der Waals surface area (Å²) in [6.45, 7) is 5.07. The number of hydrogen-bond donors (Lipinski definition) is 2. The second-order valence-electron chi connectivity index (χ2n) is 6.93. The summed E-state index contributed by atoms with van der Waals surface area (Å²) in [5, 5.41) is 6.36. The van der Waals surface area contributed by atoms with E-state index in [-0.39, 0.29) is 29.2 Å². The van der Waals surface area contributed by atoms with Crippen LogP contribution < -0.4 is 16.2 Å². The molecule has 1 saturated heterocycles. The molecule has 156 valence electrons. The van der Waals surface area contributed by atoms with Crippen molar-refractivity contribution in [1.82, 2.24) is 20.2 Å². The molecule has 9 heteroatoms. The Labute approximate surface area is 173 Å². The molecule has 1 aromatic heterocycles. The molecule has 0 bridgehead atoms. The number of aromatic nitrogens is 2. The lowest BCUT2D eigenvalue weighted by Gasteiger charge is -2.17. The largest absolute Gasteiger partial charge is 0.376 e. The summed E-state index contributed by atoms with van der Waals surface area (Å²) in [4.78, 5) is 41.7. The van der Waals surface area contributed by atoms with Crippen LogP contribution in [0.5, 0.6) is 0 Å². The third-order valence-corrected chi connectivity index (χ3v) is 5.67. The first kappa shape index (κ1) is 21.3. The van der Waals surface area contributed by atoms with Crippen LogP contribution >= 0.6 is 11.8 Å². The highest BCUT2D eigenvalue weighted by molar-refractivity contribution is 7.99. The van der Waals surface area contributed by atoms with Crippen LogP contribution in [0.25, 0.3) is 10.9 Å². The van der Waals surface area contributed by atoms with Crippen molar-refractivity contribution >= 4 is 34.5 Å². The summed E-state index contributed by atoms with van der Waals surface area (Å²) in [5.74, 6) is -0.468. The molecule has 0 radical (unpaired) electrons. The third kappa shape index (κ3) is 5.36. The van der Waals surface area contributed by atoms with Gasteiger partial charge in [0.1, 0.15) is 6.04 Å². The number of nitrogens with one attached hydrogen (secondary N) is 2. The predicted molar refractivity (Wildman–Crippen MR) is 112 cm³/mol. The van der Waals surface area contributed by atoms with Crippen LogP contribution in [-0.2, 0) is 20.9 Å². The summed E-state index contributed by atoms with van der Waals surface area (Å²) >= 11 is 1.19. The first-order valence-corrected chi connectivity index (χ1v) is 10.8. The molecule has 2 aromatic rings. The van der Waals surface area contributed by atoms with Crippen LogP contribution in [-0.4, -0.2) is 52.4 Å². The maximum atomic E-state index is 13.0. The monoisotopic (exact) mass is 418 g/mol. The minimum Gasteiger partial charge on any atom is -0.376 e. The zero-order valence-corrected chi connectivity index (χ0v) is 17.5. The Balaban J connectivity index is 1.77. The highest BCUT2D eigenvalue weighted by Gasteiger charge is 2.21. The Morgan fingerprint density at radius 1 is 1.38 bits per heavy atom. The van der Waals surface area contributed by atoms with Gasteiger partial charge in [-0.15, -0.1) is 0 Å². The molecular formula is C20H26N4O4S. The SMILES string of the molecule is CCNC(=O)[C@H](C)NC(=O)CSc1nc2ccccc2c(=O)n1C[C@H]1CCCO1. The number of hydrogen-bond acceptors (Lipinski definition) is 6. The predicted octanol–water partition coefficient (Wildman–Crippen LogP) is 1.31. The van der Waals surface area contributed by atoms with E-state index in [2.05, 4.69) is 15.6 Å². The highest BCUT2D eigenvalue weighted by Crippen LogP contribution is 2.20. The fourth-order valence-corrected chi connectivity index (χ4v) is 4.04. The van der Waals surface area contributed by atoms with E-state index < -0.39 is 6.04 Å². The fraction of sp³-hybridized carbons (Fsp3) is 0.500. The van der Waals surface area contributed by atoms with Crippen LogP contribution in [0.2, 0.25) is 0 Å². The molecular weight excluding hydrogens is 392 g/mol. The van der Waals surface area contributed by atoms with Crippen molar-refractivity contribution in [3.8, 4) is 0 Å². The second-order valence-corrected chi connectivity index (χ2v) is 7.88. The molecule has 2 N–H and O–H groups in total. The maximum Gasteiger partial charge on any atom is 0.262 e. The number of thioether (sulfide) groups is 1. The van der Waals surface area contributed by atoms with E-state index in [0.717, 1.165) is 12.8 Å². The average Bonchev–Trinajstić information content (AvgIpc) is 3.22. The van der Waals surface area contributed by atoms with Gasteiger partial charge in [0, 0.05) is 13.2 Å². The minimum absolute atomic E-state index is 0.0263. The molecule has 1 fully saturated rings. The van der Waals surface area contributed by atoms with Gasteiger partial charge in [-0.25, -0.2) is 4.98 Å². The zero-order valence-electron chi connectivity index (χ0n) is 16.6. The molecule has 0 aliphatic carbocycles. The molecule has 2 atom stereocenters. The summed E-state index contributed by atoms with van der Waals surface area (Å²) in [6, 6.07) is 6.56.